The molecule has 3 amide bonds. The number of fused-ring (bicyclic) bond motifs is 4. The molecule has 14 atom stereocenters. The normalized spacial score (nSPS) is 38.7. The van der Waals surface area contributed by atoms with Crippen molar-refractivity contribution in [1.29, 1.82) is 0 Å². The molecule has 336 valence electrons. The molecule has 5 heterocycles. The number of hydrogen-bond acceptors (Lipinski definition) is 14. The average Bonchev–Trinajstić information content (AvgIpc) is 3.80. The van der Waals surface area contributed by atoms with Crippen molar-refractivity contribution in [2.24, 2.45) is 29.4 Å². The van der Waals surface area contributed by atoms with Crippen LogP contribution in [0.4, 0.5) is 9.59 Å². The first kappa shape index (κ1) is 47.5. The minimum Gasteiger partial charge on any atom is -0.458 e. The van der Waals surface area contributed by atoms with Crippen LogP contribution in [0.25, 0.3) is 0 Å². The van der Waals surface area contributed by atoms with E-state index in [2.05, 4.69) is 17.2 Å². The zero-order valence-corrected chi connectivity index (χ0v) is 37.5. The minimum atomic E-state index is -1.28. The van der Waals surface area contributed by atoms with Crippen LogP contribution >= 0.6 is 11.3 Å². The summed E-state index contributed by atoms with van der Waals surface area (Å²) < 4.78 is 44.7. The summed E-state index contributed by atoms with van der Waals surface area (Å²) in [5, 5.41) is 17.4. The van der Waals surface area contributed by atoms with Gasteiger partial charge in [-0.2, -0.15) is 0 Å². The Bertz CT molecular complexity index is 1750. The molecule has 16 nitrogen and oxygen atoms in total. The van der Waals surface area contributed by atoms with Crippen molar-refractivity contribution in [3.63, 3.8) is 0 Å². The summed E-state index contributed by atoms with van der Waals surface area (Å²) in [6.45, 7) is 19.7. The number of nitrogens with two attached hydrogens (primary N) is 1. The second-order valence-corrected chi connectivity index (χ2v) is 18.8. The third-order valence-corrected chi connectivity index (χ3v) is 13.8. The standard InChI is InChI=1S/C43H66N4O12S/c1-12-32-43(9)35(46-41(52)59-43)25(5)29(15-16-53-40(51)45-19-28-13-14-31(60-28)37(44)49)23(3)18-42(8)36(58-39-33(48)30(47(10)11)17-24(4)56-39)26(6)34(27(7)38(50)57-32)54-20-22(2)21-55-42/h13-15,23-27,30,32-36,39,48H,2,12,16-21H2,1,3-11H3,(H2,44,49)(H,45,51)(H,46,52)/b29-15+/t23-,24-,25+,26+,27-,30+,32-,33-,34?,35?,36-,39?,42-,43-/m1/s1. The predicted molar refractivity (Wildman–Crippen MR) is 223 cm³/mol. The lowest BCUT2D eigenvalue weighted by Crippen LogP contribution is -2.60. The molecule has 0 radical (unpaired) electrons. The molecule has 4 aliphatic heterocycles. The van der Waals surface area contributed by atoms with Gasteiger partial charge in [0.25, 0.3) is 5.91 Å². The molecule has 3 unspecified atom stereocenters. The summed E-state index contributed by atoms with van der Waals surface area (Å²) >= 11 is 1.18. The van der Waals surface area contributed by atoms with Crippen LogP contribution in [-0.2, 0) is 44.5 Å². The van der Waals surface area contributed by atoms with E-state index in [9.17, 15) is 24.3 Å². The molecule has 4 fully saturated rings. The van der Waals surface area contributed by atoms with E-state index in [1.165, 1.54) is 11.3 Å². The van der Waals surface area contributed by atoms with Gasteiger partial charge in [0.1, 0.15) is 18.8 Å². The van der Waals surface area contributed by atoms with Gasteiger partial charge in [0.15, 0.2) is 11.9 Å². The van der Waals surface area contributed by atoms with Gasteiger partial charge in [0.05, 0.1) is 60.5 Å². The Kier molecular flexibility index (Phi) is 15.5. The molecule has 2 bridgehead atoms. The Morgan fingerprint density at radius 1 is 1.13 bits per heavy atom. The van der Waals surface area contributed by atoms with Gasteiger partial charge in [0.2, 0.25) is 0 Å². The summed E-state index contributed by atoms with van der Waals surface area (Å²) in [6.07, 6.45) is -2.88. The predicted octanol–water partition coefficient (Wildman–Crippen LogP) is 4.68. The lowest BCUT2D eigenvalue weighted by atomic mass is 9.71. The first-order valence-corrected chi connectivity index (χ1v) is 21.8. The first-order chi connectivity index (χ1) is 28.2. The van der Waals surface area contributed by atoms with Crippen LogP contribution in [-0.4, -0.2) is 128 Å². The number of primary amides is 1. The second kappa shape index (κ2) is 19.6. The Hall–Kier alpha value is -3.58. The van der Waals surface area contributed by atoms with Crippen LogP contribution in [0.5, 0.6) is 0 Å². The van der Waals surface area contributed by atoms with Crippen molar-refractivity contribution < 1.29 is 57.4 Å². The number of cyclic esters (lactones) is 1. The van der Waals surface area contributed by atoms with Crippen molar-refractivity contribution in [3.8, 4) is 0 Å². The van der Waals surface area contributed by atoms with Gasteiger partial charge in [-0.1, -0.05) is 39.8 Å². The molecule has 4 aliphatic rings. The first-order valence-electron chi connectivity index (χ1n) is 21.0. The summed E-state index contributed by atoms with van der Waals surface area (Å²) in [6, 6.07) is 2.40. The van der Waals surface area contributed by atoms with Crippen LogP contribution in [0, 0.1) is 23.7 Å². The zero-order valence-electron chi connectivity index (χ0n) is 36.7. The van der Waals surface area contributed by atoms with E-state index in [1.807, 2.05) is 66.6 Å². The van der Waals surface area contributed by atoms with Gasteiger partial charge < -0.3 is 59.5 Å². The monoisotopic (exact) mass is 862 g/mol. The van der Waals surface area contributed by atoms with Crippen LogP contribution in [0.1, 0.15) is 89.2 Å². The number of ether oxygens (including phenoxy) is 7. The highest BCUT2D eigenvalue weighted by Crippen LogP contribution is 2.44. The van der Waals surface area contributed by atoms with Gasteiger partial charge in [-0.15, -0.1) is 11.3 Å². The number of esters is 1. The molecule has 60 heavy (non-hydrogen) atoms. The number of nitrogens with one attached hydrogen (secondary N) is 2. The quantitative estimate of drug-likeness (QED) is 0.151. The molecule has 5 rings (SSSR count). The number of alkyl carbamates (subject to hydrolysis) is 2. The van der Waals surface area contributed by atoms with Crippen LogP contribution in [0.3, 0.4) is 0 Å². The number of rotatable bonds is 9. The Morgan fingerprint density at radius 3 is 2.50 bits per heavy atom. The van der Waals surface area contributed by atoms with E-state index in [-0.39, 0.29) is 44.4 Å². The number of thiophene rings is 1. The molecule has 0 spiro atoms. The molecule has 0 aliphatic carbocycles. The number of carbonyl (C=O) groups is 4. The smallest absolute Gasteiger partial charge is 0.408 e. The molecule has 4 saturated heterocycles. The molecule has 0 aromatic carbocycles. The summed E-state index contributed by atoms with van der Waals surface area (Å²) in [4.78, 5) is 55.0. The maximum Gasteiger partial charge on any atom is 0.408 e. The Labute approximate surface area is 357 Å². The fourth-order valence-corrected chi connectivity index (χ4v) is 10.3. The van der Waals surface area contributed by atoms with Crippen molar-refractivity contribution in [3.05, 3.63) is 45.7 Å². The van der Waals surface area contributed by atoms with E-state index < -0.39 is 89.8 Å². The molecule has 0 saturated carbocycles. The summed E-state index contributed by atoms with van der Waals surface area (Å²) in [5.74, 6) is -3.17. The Morgan fingerprint density at radius 2 is 1.85 bits per heavy atom. The van der Waals surface area contributed by atoms with Crippen molar-refractivity contribution in [1.82, 2.24) is 15.5 Å². The minimum absolute atomic E-state index is 0.117. The lowest BCUT2D eigenvalue weighted by molar-refractivity contribution is -0.302. The topological polar surface area (TPSA) is 206 Å². The highest BCUT2D eigenvalue weighted by atomic mass is 32.1. The highest BCUT2D eigenvalue weighted by Gasteiger charge is 2.57. The van der Waals surface area contributed by atoms with Crippen molar-refractivity contribution in [2.45, 2.75) is 141 Å². The summed E-state index contributed by atoms with van der Waals surface area (Å²) in [7, 11) is 3.82. The van der Waals surface area contributed by atoms with Gasteiger partial charge in [-0.05, 0) is 90.8 Å². The average molecular weight is 863 g/mol. The second-order valence-electron chi connectivity index (χ2n) is 17.6. The maximum absolute atomic E-state index is 14.3. The third-order valence-electron chi connectivity index (χ3n) is 12.7. The lowest BCUT2D eigenvalue weighted by Gasteiger charge is -2.49. The third kappa shape index (κ3) is 10.5. The number of amides is 3. The zero-order chi connectivity index (χ0) is 44.3. The number of hydrogen-bond donors (Lipinski definition) is 4. The maximum atomic E-state index is 14.3. The largest absolute Gasteiger partial charge is 0.458 e. The van der Waals surface area contributed by atoms with Crippen LogP contribution in [0.2, 0.25) is 0 Å². The van der Waals surface area contributed by atoms with E-state index in [0.29, 0.717) is 29.7 Å². The molecular formula is C43H66N4O12S. The van der Waals surface area contributed by atoms with E-state index in [1.54, 1.807) is 26.0 Å². The van der Waals surface area contributed by atoms with E-state index in [4.69, 9.17) is 38.9 Å². The van der Waals surface area contributed by atoms with Gasteiger partial charge in [-0.3, -0.25) is 9.59 Å². The molecule has 5 N–H and O–H groups in total. The van der Waals surface area contributed by atoms with Crippen molar-refractivity contribution >= 4 is 35.4 Å². The number of carbonyl (C=O) groups excluding carboxylic acids is 4. The molecule has 17 heteroatoms. The molecule has 1 aromatic heterocycles. The number of nitrogens with zero attached hydrogens (tertiary/aromatic N) is 1. The Balaban J connectivity index is 1.56. The SMILES string of the molecule is C=C1COC2[C@@H](C)C(=O)O[C@H](CC)[C@@]3(C)OC(=O)NC3[C@@H](C)/C(=C/COC(=O)NCc3ccc(C(N)=O)s3)[C@H](C)C[C@@](C)(OC1)[C@H](OC1O[C@H](C)C[C@H](N(C)C)[C@H]1O)[C@H]2C. The van der Waals surface area contributed by atoms with Gasteiger partial charge in [0, 0.05) is 22.8 Å². The molecular weight excluding hydrogens is 797 g/mol. The van der Waals surface area contributed by atoms with Gasteiger partial charge in [-0.25, -0.2) is 9.59 Å². The molecule has 1 aromatic rings. The van der Waals surface area contributed by atoms with Crippen LogP contribution in [0.15, 0.2) is 35.9 Å². The van der Waals surface area contributed by atoms with E-state index in [0.717, 1.165) is 10.5 Å². The van der Waals surface area contributed by atoms with Crippen LogP contribution < -0.4 is 16.4 Å². The van der Waals surface area contributed by atoms with Gasteiger partial charge >= 0.3 is 18.2 Å². The van der Waals surface area contributed by atoms with Crippen molar-refractivity contribution in [2.75, 3.05) is 33.9 Å². The fourth-order valence-electron chi connectivity index (χ4n) is 9.55. The number of aliphatic hydroxyl groups is 1. The summed E-state index contributed by atoms with van der Waals surface area (Å²) in [5.41, 5.74) is 4.46. The fraction of sp³-hybridized carbons (Fsp3) is 0.721. The number of likely N-dealkylation sites (N-methyl/N-ethyl adjacent to an activating group) is 1. The highest BCUT2D eigenvalue weighted by molar-refractivity contribution is 7.14. The van der Waals surface area contributed by atoms with E-state index >= 15 is 0 Å². The number of aliphatic hydroxyl groups excluding tert-OH is 1.